The molecular weight excluding hydrogens is 248 g/mol. The Labute approximate surface area is 118 Å². The quantitative estimate of drug-likeness (QED) is 0.699. The van der Waals surface area contributed by atoms with Gasteiger partial charge in [-0.2, -0.15) is 0 Å². The number of thioether (sulfide) groups is 1. The summed E-state index contributed by atoms with van der Waals surface area (Å²) in [5, 5.41) is 0.615. The van der Waals surface area contributed by atoms with Crippen LogP contribution in [0.5, 0.6) is 0 Å². The average molecular weight is 264 g/mol. The Kier molecular flexibility index (Phi) is 2.73. The first-order valence-corrected chi connectivity index (χ1v) is 7.78. The van der Waals surface area contributed by atoms with Crippen LogP contribution in [0.15, 0.2) is 77.3 Å². The molecule has 1 heteroatoms. The highest BCUT2D eigenvalue weighted by molar-refractivity contribution is 8.04. The molecule has 0 spiro atoms. The molecular formula is C18H16S. The van der Waals surface area contributed by atoms with Crippen LogP contribution in [0, 0.1) is 5.92 Å². The molecule has 19 heavy (non-hydrogen) atoms. The van der Waals surface area contributed by atoms with Crippen LogP contribution in [0.4, 0.5) is 0 Å². The van der Waals surface area contributed by atoms with Crippen LogP contribution in [-0.2, 0) is 0 Å². The summed E-state index contributed by atoms with van der Waals surface area (Å²) in [5.74, 6) is 1.16. The van der Waals surface area contributed by atoms with Crippen LogP contribution in [0.1, 0.15) is 17.9 Å². The minimum Gasteiger partial charge on any atom is -0.121 e. The molecule has 0 N–H and O–H groups in total. The molecule has 0 bridgehead atoms. The topological polar surface area (TPSA) is 0 Å². The fourth-order valence-corrected chi connectivity index (χ4v) is 4.83. The summed E-state index contributed by atoms with van der Waals surface area (Å²) in [5.41, 5.74) is 3.01. The van der Waals surface area contributed by atoms with Crippen molar-refractivity contribution in [3.8, 4) is 0 Å². The third-order valence-corrected chi connectivity index (χ3v) is 5.68. The van der Waals surface area contributed by atoms with E-state index in [1.165, 1.54) is 5.56 Å². The predicted molar refractivity (Wildman–Crippen MR) is 83.1 cm³/mol. The Balaban J connectivity index is 1.75. The molecule has 3 unspecified atom stereocenters. The van der Waals surface area contributed by atoms with Crippen LogP contribution < -0.4 is 0 Å². The second kappa shape index (κ2) is 4.57. The van der Waals surface area contributed by atoms with Crippen LogP contribution in [0.2, 0.25) is 0 Å². The highest BCUT2D eigenvalue weighted by Gasteiger charge is 2.36. The standard InChI is InChI=1S/C18H16S/c1-2-7-13(8-3-1)14-10-6-11-16-15-9-4-5-12-17(15)19-18(14)16/h1-9,11-12,14-15,17H,10H2. The third kappa shape index (κ3) is 1.84. The minimum absolute atomic E-state index is 0.568. The Morgan fingerprint density at radius 1 is 1.00 bits per heavy atom. The van der Waals surface area contributed by atoms with Gasteiger partial charge in [-0.05, 0) is 22.5 Å². The lowest BCUT2D eigenvalue weighted by molar-refractivity contribution is 0.776. The Bertz CT molecular complexity index is 604. The van der Waals surface area contributed by atoms with E-state index in [1.807, 2.05) is 0 Å². The van der Waals surface area contributed by atoms with E-state index in [-0.39, 0.29) is 0 Å². The van der Waals surface area contributed by atoms with Crippen molar-refractivity contribution in [2.45, 2.75) is 17.6 Å². The lowest BCUT2D eigenvalue weighted by atomic mass is 9.83. The minimum atomic E-state index is 0.568. The summed E-state index contributed by atoms with van der Waals surface area (Å²) in [6.07, 6.45) is 14.9. The Hall–Kier alpha value is -1.47. The van der Waals surface area contributed by atoms with Gasteiger partial charge < -0.3 is 0 Å². The van der Waals surface area contributed by atoms with Gasteiger partial charge in [0.25, 0.3) is 0 Å². The zero-order valence-electron chi connectivity index (χ0n) is 10.7. The fourth-order valence-electron chi connectivity index (χ4n) is 3.25. The van der Waals surface area contributed by atoms with Gasteiger partial charge in [-0.15, -0.1) is 11.8 Å². The molecule has 1 aliphatic heterocycles. The normalized spacial score (nSPS) is 31.5. The van der Waals surface area contributed by atoms with Crippen molar-refractivity contribution in [3.63, 3.8) is 0 Å². The maximum atomic E-state index is 2.36. The van der Waals surface area contributed by atoms with E-state index in [1.54, 1.807) is 10.5 Å². The lowest BCUT2D eigenvalue weighted by Gasteiger charge is -2.21. The van der Waals surface area contributed by atoms with Gasteiger partial charge in [-0.25, -0.2) is 0 Å². The van der Waals surface area contributed by atoms with Crippen molar-refractivity contribution in [1.29, 1.82) is 0 Å². The van der Waals surface area contributed by atoms with E-state index >= 15 is 0 Å². The largest absolute Gasteiger partial charge is 0.121 e. The van der Waals surface area contributed by atoms with E-state index in [0.717, 1.165) is 6.42 Å². The van der Waals surface area contributed by atoms with Gasteiger partial charge in [0.2, 0.25) is 0 Å². The van der Waals surface area contributed by atoms with Gasteiger partial charge in [-0.3, -0.25) is 0 Å². The molecule has 0 saturated heterocycles. The van der Waals surface area contributed by atoms with Gasteiger partial charge in [-0.1, -0.05) is 66.8 Å². The van der Waals surface area contributed by atoms with Crippen LogP contribution in [0.25, 0.3) is 0 Å². The monoisotopic (exact) mass is 264 g/mol. The van der Waals surface area contributed by atoms with Crippen molar-refractivity contribution in [1.82, 2.24) is 0 Å². The molecule has 0 nitrogen and oxygen atoms in total. The van der Waals surface area contributed by atoms with Gasteiger partial charge in [0.1, 0.15) is 0 Å². The second-order valence-corrected chi connectivity index (χ2v) is 6.52. The molecule has 1 heterocycles. The Morgan fingerprint density at radius 2 is 1.84 bits per heavy atom. The van der Waals surface area contributed by atoms with Gasteiger partial charge in [0.05, 0.1) is 0 Å². The summed E-state index contributed by atoms with van der Waals surface area (Å²) in [6, 6.07) is 10.9. The van der Waals surface area contributed by atoms with Crippen LogP contribution >= 0.6 is 11.8 Å². The summed E-state index contributed by atoms with van der Waals surface area (Å²) < 4.78 is 0. The highest BCUT2D eigenvalue weighted by Crippen LogP contribution is 2.53. The van der Waals surface area contributed by atoms with Gasteiger partial charge in [0.15, 0.2) is 0 Å². The molecule has 3 atom stereocenters. The van der Waals surface area contributed by atoms with Crippen molar-refractivity contribution in [2.75, 3.05) is 0 Å². The van der Waals surface area contributed by atoms with Gasteiger partial charge >= 0.3 is 0 Å². The maximum absolute atomic E-state index is 2.36. The van der Waals surface area contributed by atoms with Crippen molar-refractivity contribution < 1.29 is 0 Å². The first-order valence-electron chi connectivity index (χ1n) is 6.91. The smallest absolute Gasteiger partial charge is 0.0378 e. The van der Waals surface area contributed by atoms with Crippen molar-refractivity contribution in [2.24, 2.45) is 5.92 Å². The molecule has 94 valence electrons. The second-order valence-electron chi connectivity index (χ2n) is 5.30. The predicted octanol–water partition coefficient (Wildman–Crippen LogP) is 4.84. The molecule has 2 aliphatic carbocycles. The molecule has 0 aromatic heterocycles. The SMILES string of the molecule is C1=CC2SC3=C(C=CCC3c3ccccc3)C2C=C1. The third-order valence-electron chi connectivity index (χ3n) is 4.18. The molecule has 1 aromatic rings. The highest BCUT2D eigenvalue weighted by atomic mass is 32.2. The Morgan fingerprint density at radius 3 is 2.74 bits per heavy atom. The lowest BCUT2D eigenvalue weighted by Crippen LogP contribution is -2.11. The molecule has 0 fully saturated rings. The molecule has 0 radical (unpaired) electrons. The number of allylic oxidation sites excluding steroid dienone is 7. The average Bonchev–Trinajstić information content (AvgIpc) is 2.87. The van der Waals surface area contributed by atoms with E-state index in [2.05, 4.69) is 78.5 Å². The first-order chi connectivity index (χ1) is 9.43. The first kappa shape index (κ1) is 11.4. The van der Waals surface area contributed by atoms with Crippen molar-refractivity contribution in [3.05, 3.63) is 82.8 Å². The maximum Gasteiger partial charge on any atom is 0.0378 e. The number of hydrogen-bond acceptors (Lipinski definition) is 1. The van der Waals surface area contributed by atoms with E-state index in [4.69, 9.17) is 0 Å². The van der Waals surface area contributed by atoms with Crippen molar-refractivity contribution >= 4 is 11.8 Å². The fraction of sp³-hybridized carbons (Fsp3) is 0.222. The molecule has 3 aliphatic rings. The zero-order chi connectivity index (χ0) is 12.7. The summed E-state index contributed by atoms with van der Waals surface area (Å²) in [7, 11) is 0. The van der Waals surface area contributed by atoms with E-state index in [9.17, 15) is 0 Å². The summed E-state index contributed by atoms with van der Waals surface area (Å²) in [4.78, 5) is 1.60. The summed E-state index contributed by atoms with van der Waals surface area (Å²) in [6.45, 7) is 0. The number of benzene rings is 1. The van der Waals surface area contributed by atoms with E-state index < -0.39 is 0 Å². The number of rotatable bonds is 1. The molecule has 4 rings (SSSR count). The van der Waals surface area contributed by atoms with E-state index in [0.29, 0.717) is 17.1 Å². The molecule has 0 saturated carbocycles. The molecule has 0 amide bonds. The zero-order valence-corrected chi connectivity index (χ0v) is 11.5. The van der Waals surface area contributed by atoms with Crippen LogP contribution in [-0.4, -0.2) is 5.25 Å². The molecule has 1 aromatic carbocycles. The number of hydrogen-bond donors (Lipinski definition) is 0. The summed E-state index contributed by atoms with van der Waals surface area (Å²) >= 11 is 2.07. The van der Waals surface area contributed by atoms with Crippen LogP contribution in [0.3, 0.4) is 0 Å². The van der Waals surface area contributed by atoms with Gasteiger partial charge in [0, 0.05) is 17.1 Å². The number of fused-ring (bicyclic) bond motifs is 2.